The van der Waals surface area contributed by atoms with Gasteiger partial charge in [-0.2, -0.15) is 0 Å². The maximum Gasteiger partial charge on any atom is 0.313 e. The van der Waals surface area contributed by atoms with Crippen LogP contribution in [0.1, 0.15) is 19.3 Å². The van der Waals surface area contributed by atoms with E-state index in [4.69, 9.17) is 5.73 Å². The number of likely N-dealkylation sites (tertiary alicyclic amines) is 1. The zero-order chi connectivity index (χ0) is 6.69. The highest BCUT2D eigenvalue weighted by Crippen LogP contribution is 2.09. The number of carbonyl (C=O) groups excluding carboxylic acids is 1. The van der Waals surface area contributed by atoms with Gasteiger partial charge in [0.05, 0.1) is 6.17 Å². The van der Waals surface area contributed by atoms with Crippen LogP contribution in [0.25, 0.3) is 0 Å². The summed E-state index contributed by atoms with van der Waals surface area (Å²) in [6.45, 7) is 0.782. The van der Waals surface area contributed by atoms with E-state index in [-0.39, 0.29) is 6.17 Å². The van der Waals surface area contributed by atoms with Crippen LogP contribution in [0.4, 0.5) is 0 Å². The molecule has 0 spiro atoms. The molecule has 1 heterocycles. The van der Waals surface area contributed by atoms with Crippen LogP contribution in [0.3, 0.4) is 0 Å². The number of nitrogens with two attached hydrogens (primary N) is 1. The van der Waals surface area contributed by atoms with Gasteiger partial charge in [0, 0.05) is 6.54 Å². The lowest BCUT2D eigenvalue weighted by atomic mass is 10.1. The highest BCUT2D eigenvalue weighted by Gasteiger charge is 2.16. The van der Waals surface area contributed by atoms with Gasteiger partial charge in [0.25, 0.3) is 0 Å². The summed E-state index contributed by atoms with van der Waals surface area (Å²) in [6.07, 6.45) is 4.88. The lowest BCUT2D eigenvalue weighted by Gasteiger charge is -2.28. The Bertz CT molecular complexity index is 105. The molecule has 1 aliphatic heterocycles. The molecule has 0 aromatic carbocycles. The lowest BCUT2D eigenvalue weighted by molar-refractivity contribution is 0.236. The van der Waals surface area contributed by atoms with Crippen LogP contribution in [0.5, 0.6) is 0 Å². The Morgan fingerprint density at radius 2 is 2.33 bits per heavy atom. The SMILES string of the molecule is NC1CCCCN1[C]=O. The standard InChI is InChI=1S/C6H11N2O/c7-6-3-1-2-4-8(6)5-9/h6H,1-4,7H2. The van der Waals surface area contributed by atoms with Crippen molar-refractivity contribution >= 4 is 6.41 Å². The molecule has 0 aromatic heterocycles. The van der Waals surface area contributed by atoms with Crippen molar-refractivity contribution in [3.05, 3.63) is 0 Å². The minimum absolute atomic E-state index is 0.0729. The van der Waals surface area contributed by atoms with E-state index in [1.807, 2.05) is 6.41 Å². The Morgan fingerprint density at radius 1 is 1.56 bits per heavy atom. The predicted molar refractivity (Wildman–Crippen MR) is 34.2 cm³/mol. The third kappa shape index (κ3) is 1.42. The van der Waals surface area contributed by atoms with E-state index in [9.17, 15) is 4.79 Å². The Morgan fingerprint density at radius 3 is 2.78 bits per heavy atom. The van der Waals surface area contributed by atoms with Crippen LogP contribution in [0.2, 0.25) is 0 Å². The average Bonchev–Trinajstić information content (AvgIpc) is 1.89. The summed E-state index contributed by atoms with van der Waals surface area (Å²) in [6, 6.07) is 0. The first-order valence-corrected chi connectivity index (χ1v) is 3.24. The molecule has 1 saturated heterocycles. The van der Waals surface area contributed by atoms with Gasteiger partial charge >= 0.3 is 6.41 Å². The summed E-state index contributed by atoms with van der Waals surface area (Å²) in [5.41, 5.74) is 5.55. The zero-order valence-electron chi connectivity index (χ0n) is 5.34. The van der Waals surface area contributed by atoms with Crippen molar-refractivity contribution in [3.63, 3.8) is 0 Å². The van der Waals surface area contributed by atoms with E-state index in [1.165, 1.54) is 4.90 Å². The number of hydrogen-bond acceptors (Lipinski definition) is 2. The Balaban J connectivity index is 2.38. The third-order valence-corrected chi connectivity index (χ3v) is 1.67. The van der Waals surface area contributed by atoms with E-state index in [2.05, 4.69) is 0 Å². The smallest absolute Gasteiger partial charge is 0.313 e. The fourth-order valence-corrected chi connectivity index (χ4v) is 1.07. The van der Waals surface area contributed by atoms with Crippen LogP contribution < -0.4 is 5.73 Å². The fourth-order valence-electron chi connectivity index (χ4n) is 1.07. The van der Waals surface area contributed by atoms with Crippen LogP contribution in [-0.2, 0) is 4.79 Å². The van der Waals surface area contributed by atoms with Crippen LogP contribution >= 0.6 is 0 Å². The van der Waals surface area contributed by atoms with E-state index >= 15 is 0 Å². The normalized spacial score (nSPS) is 28.1. The van der Waals surface area contributed by atoms with Crippen molar-refractivity contribution in [2.24, 2.45) is 5.73 Å². The topological polar surface area (TPSA) is 46.3 Å². The molecule has 1 radical (unpaired) electrons. The molecule has 0 aromatic rings. The molecule has 0 saturated carbocycles. The van der Waals surface area contributed by atoms with E-state index in [0.717, 1.165) is 25.8 Å². The molecule has 1 aliphatic rings. The maximum absolute atomic E-state index is 10.1. The number of piperidine rings is 1. The molecule has 3 nitrogen and oxygen atoms in total. The second kappa shape index (κ2) is 2.82. The average molecular weight is 127 g/mol. The van der Waals surface area contributed by atoms with Crippen molar-refractivity contribution < 1.29 is 4.79 Å². The first-order valence-electron chi connectivity index (χ1n) is 3.24. The quantitative estimate of drug-likeness (QED) is 0.531. The summed E-state index contributed by atoms with van der Waals surface area (Å²) < 4.78 is 0. The third-order valence-electron chi connectivity index (χ3n) is 1.67. The van der Waals surface area contributed by atoms with Gasteiger partial charge in [-0.25, -0.2) is 0 Å². The maximum atomic E-state index is 10.1. The molecule has 1 rings (SSSR count). The Kier molecular flexibility index (Phi) is 2.05. The van der Waals surface area contributed by atoms with Gasteiger partial charge in [-0.05, 0) is 19.3 Å². The second-order valence-electron chi connectivity index (χ2n) is 2.35. The summed E-state index contributed by atoms with van der Waals surface area (Å²) in [7, 11) is 0. The first kappa shape index (κ1) is 6.55. The monoisotopic (exact) mass is 127 g/mol. The molecule has 1 atom stereocenters. The van der Waals surface area contributed by atoms with Crippen LogP contribution in [0, 0.1) is 0 Å². The van der Waals surface area contributed by atoms with Crippen molar-refractivity contribution in [2.45, 2.75) is 25.4 Å². The Labute approximate surface area is 54.8 Å². The van der Waals surface area contributed by atoms with Gasteiger partial charge in [-0.3, -0.25) is 4.79 Å². The van der Waals surface area contributed by atoms with Gasteiger partial charge in [0.1, 0.15) is 0 Å². The lowest BCUT2D eigenvalue weighted by Crippen LogP contribution is -2.44. The minimum atomic E-state index is -0.0729. The van der Waals surface area contributed by atoms with Crippen LogP contribution in [-0.4, -0.2) is 24.0 Å². The molecule has 3 heteroatoms. The number of nitrogens with zero attached hydrogens (tertiary/aromatic N) is 1. The van der Waals surface area contributed by atoms with Gasteiger partial charge in [-0.1, -0.05) is 0 Å². The number of rotatable bonds is 1. The largest absolute Gasteiger partial charge is 0.319 e. The van der Waals surface area contributed by atoms with Gasteiger partial charge in [0.2, 0.25) is 0 Å². The molecule has 0 bridgehead atoms. The van der Waals surface area contributed by atoms with E-state index in [0.29, 0.717) is 0 Å². The summed E-state index contributed by atoms with van der Waals surface area (Å²) in [5, 5.41) is 0. The number of hydrogen-bond donors (Lipinski definition) is 1. The van der Waals surface area contributed by atoms with Gasteiger partial charge in [0.15, 0.2) is 0 Å². The molecule has 0 aliphatic carbocycles. The van der Waals surface area contributed by atoms with Gasteiger partial charge in [-0.15, -0.1) is 0 Å². The summed E-state index contributed by atoms with van der Waals surface area (Å²) in [5.74, 6) is 0. The predicted octanol–water partition coefficient (Wildman–Crippen LogP) is -0.176. The van der Waals surface area contributed by atoms with Crippen molar-refractivity contribution in [1.82, 2.24) is 4.90 Å². The second-order valence-corrected chi connectivity index (χ2v) is 2.35. The Hall–Kier alpha value is -0.570. The summed E-state index contributed by atoms with van der Waals surface area (Å²) in [4.78, 5) is 11.6. The minimum Gasteiger partial charge on any atom is -0.319 e. The fraction of sp³-hybridized carbons (Fsp3) is 0.833. The van der Waals surface area contributed by atoms with Crippen LogP contribution in [0.15, 0.2) is 0 Å². The highest BCUT2D eigenvalue weighted by atomic mass is 16.1. The molecular weight excluding hydrogens is 116 g/mol. The highest BCUT2D eigenvalue weighted by molar-refractivity contribution is 5.48. The molecule has 2 N–H and O–H groups in total. The molecule has 1 fully saturated rings. The van der Waals surface area contributed by atoms with E-state index in [1.54, 1.807) is 0 Å². The molecule has 1 amide bonds. The molecular formula is C6H11N2O. The molecule has 1 unspecified atom stereocenters. The van der Waals surface area contributed by atoms with Crippen molar-refractivity contribution in [3.8, 4) is 0 Å². The van der Waals surface area contributed by atoms with Crippen molar-refractivity contribution in [2.75, 3.05) is 6.54 Å². The molecule has 51 valence electrons. The number of amides is 1. The van der Waals surface area contributed by atoms with Crippen molar-refractivity contribution in [1.29, 1.82) is 0 Å². The van der Waals surface area contributed by atoms with Gasteiger partial charge < -0.3 is 10.6 Å². The van der Waals surface area contributed by atoms with E-state index < -0.39 is 0 Å². The summed E-state index contributed by atoms with van der Waals surface area (Å²) >= 11 is 0. The first-order chi connectivity index (χ1) is 4.34. The molecule has 9 heavy (non-hydrogen) atoms. The zero-order valence-corrected chi connectivity index (χ0v) is 5.34.